The second kappa shape index (κ2) is 37.8. The Bertz CT molecular complexity index is 5350. The molecule has 7 aromatic rings. The molecule has 0 radical (unpaired) electrons. The molecule has 11 bridgehead atoms. The van der Waals surface area contributed by atoms with Crippen LogP contribution >= 0.6 is 34.8 Å². The van der Waals surface area contributed by atoms with Gasteiger partial charge >= 0.3 is 5.97 Å². The maximum absolute atomic E-state index is 16.6. The second-order valence-electron chi connectivity index (χ2n) is 32.7. The number of aliphatic hydroxyl groups excluding tert-OH is 6. The van der Waals surface area contributed by atoms with E-state index in [1.807, 2.05) is 13.8 Å². The Morgan fingerprint density at radius 1 is 0.627 bits per heavy atom. The monoisotopic (exact) mass is 1800 g/mol. The van der Waals surface area contributed by atoms with E-state index in [1.165, 1.54) is 59.0 Å². The molecule has 22 N–H and O–H groups in total. The number of halogens is 3. The first-order valence-electron chi connectivity index (χ1n) is 40.1. The molecule has 0 aliphatic carbocycles. The van der Waals surface area contributed by atoms with Gasteiger partial charge in [0.25, 0.3) is 5.91 Å². The number of ether oxygens (including phenoxy) is 8. The smallest absolute Gasteiger partial charge is 0.330 e. The molecule has 8 aliphatic heterocycles. The molecule has 0 unspecified atom stereocenters. The number of carbonyl (C=O) groups is 9. The van der Waals surface area contributed by atoms with E-state index in [2.05, 4.69) is 42.5 Å². The quantitative estimate of drug-likeness (QED) is 0.0574. The minimum absolute atomic E-state index is 0.129. The molecule has 7 aromatic carbocycles. The molecule has 8 aliphatic rings. The Kier molecular flexibility index (Phi) is 27.8. The van der Waals surface area contributed by atoms with Crippen LogP contribution in [-0.4, -0.2) is 221 Å². The summed E-state index contributed by atoms with van der Waals surface area (Å²) < 4.78 is 52.6. The van der Waals surface area contributed by atoms with Gasteiger partial charge in [0.1, 0.15) is 95.6 Å². The lowest BCUT2D eigenvalue weighted by Crippen LogP contribution is -2.66. The predicted octanol–water partition coefficient (Wildman–Crippen LogP) is 4.14. The summed E-state index contributed by atoms with van der Waals surface area (Å²) in [6.45, 7) is 8.48. The van der Waals surface area contributed by atoms with Gasteiger partial charge in [-0.05, 0) is 159 Å². The van der Waals surface area contributed by atoms with Gasteiger partial charge in [0.2, 0.25) is 53.4 Å². The van der Waals surface area contributed by atoms with Crippen molar-refractivity contribution in [2.45, 2.75) is 201 Å². The molecule has 15 rings (SSSR count). The zero-order valence-corrected chi connectivity index (χ0v) is 70.8. The molecule has 3 fully saturated rings. The highest BCUT2D eigenvalue weighted by Gasteiger charge is 2.54. The number of nitrogens with one attached hydrogen (secondary N) is 8. The van der Waals surface area contributed by atoms with Crippen LogP contribution < -0.4 is 68.2 Å². The summed E-state index contributed by atoms with van der Waals surface area (Å²) >= 11 is 20.8. The third-order valence-electron chi connectivity index (χ3n) is 22.8. The summed E-state index contributed by atoms with van der Waals surface area (Å²) in [7, 11) is 1.47. The molecule has 8 heterocycles. The van der Waals surface area contributed by atoms with Crippen molar-refractivity contribution in [1.29, 1.82) is 0 Å². The Hall–Kier alpha value is -11.1. The molecule has 22 atom stereocenters. The number of hydrogen-bond acceptors (Lipinski definition) is 28. The topological polar surface area (TPSA) is 578 Å². The summed E-state index contributed by atoms with van der Waals surface area (Å²) in [5.41, 5.74) is 8.18. The van der Waals surface area contributed by atoms with Crippen molar-refractivity contribution in [3.8, 4) is 68.2 Å². The fourth-order valence-corrected chi connectivity index (χ4v) is 16.7. The lowest BCUT2D eigenvalue weighted by molar-refractivity contribution is -0.334. The number of nitrogens with two attached hydrogens (primary N) is 2. The lowest BCUT2D eigenvalue weighted by Gasteiger charge is -2.48. The van der Waals surface area contributed by atoms with Crippen LogP contribution in [0.5, 0.6) is 46.0 Å². The second-order valence-corrected chi connectivity index (χ2v) is 34.0. The molecule has 40 heteroatoms. The molecule has 672 valence electrons. The fourth-order valence-electron chi connectivity index (χ4n) is 16.1. The largest absolute Gasteiger partial charge is 0.508 e. The van der Waals surface area contributed by atoms with Crippen LogP contribution in [0.4, 0.5) is 0 Å². The SMILES string of the molecule is CN[C@H](CC(C)C)C(=O)N[C@H]1C(=O)N[C@@H](CC(N)=O)C(=O)N[C@H]2C(=O)N[C@H]3C(=O)N[C@H](C(=O)N[C@H](C(=O)O)c4cc(O)cc(O)c4-c4cc3ccc4O)[C@H](O[C@H]3C[C@](C)(N)[C@@H](O)[C@H](C)O3)c3ccc(c(Cl)c3)Oc3cc2cc(c3O[C@@H]2O[C@H](CO)[C@@H](O)[C@H](O)[C@H]2O[C@H]2C[C@](C)(NC(=O)c3ccc(-c4ccc(Cl)cc4)cc3)[C@@H](O)[C@H](C)O2)Oc2ccc(cc2Cl)[C@H]1O. The van der Waals surface area contributed by atoms with Crippen molar-refractivity contribution >= 4 is 88.0 Å². The van der Waals surface area contributed by atoms with Crippen molar-refractivity contribution in [3.63, 3.8) is 0 Å². The number of benzene rings is 7. The standard InChI is InChI=1S/C86H95Cl3N10O27/c1-34(2)22-50(92-7)77(111)97-66-68(105)41-15-20-54(48(88)24-41)121-56-26-43-27-57(72(56)126-84-73(70(107)69(106)58(33-100)123-84)125-61-32-86(6,75(109)36(4)120-61)99-76(110)39-10-8-37(9-11-39)38-12-17-44(87)18-13-38)122-55-21-16-42(25-49(55)89)71(124-60-31-85(5,91)74(108)35(3)119-60)67-82(116)96-65(83(117)118)47-28-45(101)29-53(103)62(47)46-23-40(14-19-52(46)102)63(79(113)98-67)95-80(114)64(43)94-78(112)51(30-59(90)104)93-81(66)115/h8-21,23-29,34-36,50-51,58,60-61,63-71,73-75,84,92,100-103,105-109H,22,30-33,91H2,1-7H3,(H2,90,104)(H,93,115)(H,94,112)(H,95,114)(H,96,116)(H,97,111)(H,98,113)(H,99,110)(H,117,118)/t35-,36-,50+,51-,58+,60-,61-,63+,64+,65-,66+,67-,68+,69+,70-,71+,73+,74-,75-,84-,85-,86-/m0/s1. The van der Waals surface area contributed by atoms with E-state index >= 15 is 24.0 Å². The van der Waals surface area contributed by atoms with Crippen LogP contribution in [-0.2, 0) is 62.0 Å². The number of amides is 8. The van der Waals surface area contributed by atoms with Gasteiger partial charge in [0.15, 0.2) is 36.2 Å². The summed E-state index contributed by atoms with van der Waals surface area (Å²) in [5, 5.41) is 137. The average molecular weight is 1810 g/mol. The van der Waals surface area contributed by atoms with Crippen LogP contribution in [0.15, 0.2) is 127 Å². The van der Waals surface area contributed by atoms with Gasteiger partial charge in [-0.2, -0.15) is 0 Å². The number of likely N-dealkylation sites (N-methyl/N-ethyl adjacent to an activating group) is 1. The summed E-state index contributed by atoms with van der Waals surface area (Å²) in [6, 6.07) is 12.8. The number of carbonyl (C=O) groups excluding carboxylic acids is 8. The number of hydrogen-bond donors (Lipinski definition) is 20. The Balaban J connectivity index is 1.02. The van der Waals surface area contributed by atoms with Crippen molar-refractivity contribution in [2.75, 3.05) is 13.7 Å². The number of fused-ring (bicyclic) bond motifs is 15. The van der Waals surface area contributed by atoms with E-state index < -0.39 is 279 Å². The minimum atomic E-state index is -2.42. The van der Waals surface area contributed by atoms with E-state index in [-0.39, 0.29) is 46.8 Å². The van der Waals surface area contributed by atoms with Crippen LogP contribution in [0.2, 0.25) is 15.1 Å². The summed E-state index contributed by atoms with van der Waals surface area (Å²) in [5.74, 6) is -17.1. The number of primary amides is 1. The van der Waals surface area contributed by atoms with Crippen molar-refractivity contribution in [3.05, 3.63) is 176 Å². The van der Waals surface area contributed by atoms with Gasteiger partial charge in [-0.3, -0.25) is 38.4 Å². The molecule has 0 spiro atoms. The van der Waals surface area contributed by atoms with Gasteiger partial charge in [-0.25, -0.2) is 4.79 Å². The number of carboxylic acids is 1. The molecule has 8 amide bonds. The van der Waals surface area contributed by atoms with E-state index in [9.17, 15) is 70.2 Å². The molecular weight excluding hydrogens is 1710 g/mol. The van der Waals surface area contributed by atoms with Crippen molar-refractivity contribution in [2.24, 2.45) is 17.4 Å². The number of rotatable bonds is 18. The molecule has 3 saturated heterocycles. The predicted molar refractivity (Wildman–Crippen MR) is 446 cm³/mol. The third-order valence-corrected chi connectivity index (χ3v) is 23.7. The van der Waals surface area contributed by atoms with E-state index in [0.717, 1.165) is 65.7 Å². The van der Waals surface area contributed by atoms with Crippen LogP contribution in [0.1, 0.15) is 136 Å². The van der Waals surface area contributed by atoms with Gasteiger partial charge in [0.05, 0.1) is 53.0 Å². The highest BCUT2D eigenvalue weighted by molar-refractivity contribution is 6.32. The Morgan fingerprint density at radius 2 is 1.21 bits per heavy atom. The maximum Gasteiger partial charge on any atom is 0.330 e. The van der Waals surface area contributed by atoms with Crippen LogP contribution in [0.25, 0.3) is 22.3 Å². The normalized spacial score (nSPS) is 29.5. The molecule has 0 saturated carbocycles. The highest BCUT2D eigenvalue weighted by Crippen LogP contribution is 2.51. The number of phenolic OH excluding ortho intramolecular Hbond substituents is 3. The lowest BCUT2D eigenvalue weighted by atomic mass is 9.84. The number of carboxylic acid groups (broad SMARTS) is 1. The number of phenols is 3. The van der Waals surface area contributed by atoms with Gasteiger partial charge in [-0.15, -0.1) is 0 Å². The van der Waals surface area contributed by atoms with E-state index in [4.69, 9.17) is 84.2 Å². The number of aliphatic hydroxyl groups is 6. The number of aromatic hydroxyl groups is 3. The zero-order chi connectivity index (χ0) is 91.1. The van der Waals surface area contributed by atoms with Crippen LogP contribution in [0.3, 0.4) is 0 Å². The number of aliphatic carboxylic acids is 1. The first-order valence-corrected chi connectivity index (χ1v) is 41.2. The average Bonchev–Trinajstić information content (AvgIpc) is 0.763. The Morgan fingerprint density at radius 3 is 1.82 bits per heavy atom. The van der Waals surface area contributed by atoms with Crippen LogP contribution in [0, 0.1) is 5.92 Å². The maximum atomic E-state index is 16.6. The van der Waals surface area contributed by atoms with Crippen molar-refractivity contribution in [1.82, 2.24) is 42.5 Å². The Labute approximate surface area is 734 Å². The van der Waals surface area contributed by atoms with Gasteiger partial charge in [-0.1, -0.05) is 91.1 Å². The molecule has 126 heavy (non-hydrogen) atoms. The third kappa shape index (κ3) is 19.9. The molecule has 0 aromatic heterocycles. The summed E-state index contributed by atoms with van der Waals surface area (Å²) in [6.07, 6.45) is -24.2. The van der Waals surface area contributed by atoms with E-state index in [1.54, 1.807) is 48.5 Å². The first-order chi connectivity index (χ1) is 59.6. The fraction of sp³-hybridized carbons (Fsp3) is 0.407. The van der Waals surface area contributed by atoms with Crippen molar-refractivity contribution < 1.29 is 132 Å². The zero-order valence-electron chi connectivity index (χ0n) is 68.5. The first kappa shape index (κ1) is 92.6. The van der Waals surface area contributed by atoms with E-state index in [0.29, 0.717) is 5.02 Å². The highest BCUT2D eigenvalue weighted by atomic mass is 35.5. The van der Waals surface area contributed by atoms with Gasteiger partial charge in [0, 0.05) is 51.7 Å². The summed E-state index contributed by atoms with van der Waals surface area (Å²) in [4.78, 5) is 135. The molecule has 37 nitrogen and oxygen atoms in total. The van der Waals surface area contributed by atoms with Gasteiger partial charge < -0.3 is 143 Å². The minimum Gasteiger partial charge on any atom is -0.508 e. The molecular formula is C86H95Cl3N10O27.